The lowest BCUT2D eigenvalue weighted by molar-refractivity contribution is -0.116. The normalized spacial score (nSPS) is 16.8. The molecule has 1 atom stereocenters. The number of hydrogen-bond acceptors (Lipinski definition) is 2. The number of amides is 1. The minimum atomic E-state index is -0.607. The van der Waals surface area contributed by atoms with Crippen LogP contribution in [0, 0.1) is 5.82 Å². The Labute approximate surface area is 124 Å². The van der Waals surface area contributed by atoms with Crippen molar-refractivity contribution >= 4 is 40.5 Å². The van der Waals surface area contributed by atoms with Crippen LogP contribution in [-0.2, 0) is 4.79 Å². The van der Waals surface area contributed by atoms with E-state index in [2.05, 4.69) is 10.6 Å². The number of nitrogens with one attached hydrogen (secondary N) is 2. The molecule has 1 aliphatic heterocycles. The number of rotatable bonds is 2. The van der Waals surface area contributed by atoms with Crippen LogP contribution in [0.15, 0.2) is 36.4 Å². The third-order valence-corrected chi connectivity index (χ3v) is 3.63. The van der Waals surface area contributed by atoms with E-state index in [0.717, 1.165) is 0 Å². The van der Waals surface area contributed by atoms with Gasteiger partial charge in [-0.05, 0) is 30.3 Å². The minimum Gasteiger partial charge on any atom is -0.369 e. The first-order valence-corrected chi connectivity index (χ1v) is 6.62. The minimum absolute atomic E-state index is 0.253. The summed E-state index contributed by atoms with van der Waals surface area (Å²) >= 11 is 11.9. The Morgan fingerprint density at radius 2 is 1.95 bits per heavy atom. The smallest absolute Gasteiger partial charge is 0.251 e. The highest BCUT2D eigenvalue weighted by molar-refractivity contribution is 6.36. The van der Waals surface area contributed by atoms with Crippen molar-refractivity contribution in [2.75, 3.05) is 10.6 Å². The van der Waals surface area contributed by atoms with Gasteiger partial charge in [0.2, 0.25) is 0 Å². The van der Waals surface area contributed by atoms with E-state index in [0.29, 0.717) is 27.0 Å². The van der Waals surface area contributed by atoms with Gasteiger partial charge in [0.1, 0.15) is 11.9 Å². The lowest BCUT2D eigenvalue weighted by Gasteiger charge is -2.14. The molecule has 1 heterocycles. The van der Waals surface area contributed by atoms with Crippen molar-refractivity contribution in [3.8, 4) is 0 Å². The van der Waals surface area contributed by atoms with E-state index in [4.69, 9.17) is 23.2 Å². The van der Waals surface area contributed by atoms with Crippen molar-refractivity contribution in [2.45, 2.75) is 6.04 Å². The number of halogens is 3. The maximum Gasteiger partial charge on any atom is 0.251 e. The van der Waals surface area contributed by atoms with Crippen LogP contribution in [0.3, 0.4) is 0 Å². The van der Waals surface area contributed by atoms with Crippen molar-refractivity contribution in [2.24, 2.45) is 0 Å². The molecule has 2 N–H and O–H groups in total. The fourth-order valence-corrected chi connectivity index (χ4v) is 2.60. The lowest BCUT2D eigenvalue weighted by atomic mass is 10.1. The molecular formula is C14H9Cl2FN2O. The van der Waals surface area contributed by atoms with Crippen molar-refractivity contribution in [1.29, 1.82) is 0 Å². The number of carbonyl (C=O) groups is 1. The summed E-state index contributed by atoms with van der Waals surface area (Å²) in [7, 11) is 0. The van der Waals surface area contributed by atoms with Crippen LogP contribution < -0.4 is 10.6 Å². The predicted octanol–water partition coefficient (Wildman–Crippen LogP) is 4.24. The largest absolute Gasteiger partial charge is 0.369 e. The zero-order valence-electron chi connectivity index (χ0n) is 10.1. The van der Waals surface area contributed by atoms with Gasteiger partial charge in [-0.2, -0.15) is 0 Å². The molecule has 0 fully saturated rings. The molecule has 0 saturated carbocycles. The first-order valence-electron chi connectivity index (χ1n) is 5.86. The maximum absolute atomic E-state index is 13.1. The van der Waals surface area contributed by atoms with E-state index in [1.807, 2.05) is 0 Å². The van der Waals surface area contributed by atoms with Crippen LogP contribution in [0.25, 0.3) is 0 Å². The monoisotopic (exact) mass is 310 g/mol. The maximum atomic E-state index is 13.1. The Morgan fingerprint density at radius 3 is 2.70 bits per heavy atom. The molecule has 2 aromatic rings. The zero-order valence-corrected chi connectivity index (χ0v) is 11.6. The standard InChI is InChI=1S/C14H9Cl2FN2O/c15-7-1-4-11(10(16)5-7)18-13-9-3-2-8(17)6-12(9)19-14(13)20/h1-6,13,18H,(H,19,20). The van der Waals surface area contributed by atoms with Gasteiger partial charge in [0.25, 0.3) is 5.91 Å². The highest BCUT2D eigenvalue weighted by atomic mass is 35.5. The molecule has 1 amide bonds. The van der Waals surface area contributed by atoms with Crippen molar-refractivity contribution in [3.63, 3.8) is 0 Å². The summed E-state index contributed by atoms with van der Waals surface area (Å²) in [5, 5.41) is 6.60. The molecule has 1 aliphatic rings. The summed E-state index contributed by atoms with van der Waals surface area (Å²) in [4.78, 5) is 12.0. The molecule has 6 heteroatoms. The second-order valence-corrected chi connectivity index (χ2v) is 5.27. The van der Waals surface area contributed by atoms with Crippen molar-refractivity contribution < 1.29 is 9.18 Å². The van der Waals surface area contributed by atoms with Gasteiger partial charge in [-0.1, -0.05) is 29.3 Å². The molecule has 0 bridgehead atoms. The average molecular weight is 311 g/mol. The van der Waals surface area contributed by atoms with Gasteiger partial charge in [-0.15, -0.1) is 0 Å². The average Bonchev–Trinajstić information content (AvgIpc) is 2.68. The van der Waals surface area contributed by atoms with E-state index in [1.165, 1.54) is 12.1 Å². The Morgan fingerprint density at radius 1 is 1.15 bits per heavy atom. The fourth-order valence-electron chi connectivity index (χ4n) is 2.14. The summed E-state index contributed by atoms with van der Waals surface area (Å²) < 4.78 is 13.1. The summed E-state index contributed by atoms with van der Waals surface area (Å²) in [5.41, 5.74) is 1.74. The summed E-state index contributed by atoms with van der Waals surface area (Å²) in [6, 6.07) is 8.53. The van der Waals surface area contributed by atoms with E-state index in [-0.39, 0.29) is 5.91 Å². The summed E-state index contributed by atoms with van der Waals surface area (Å²) in [6.07, 6.45) is 0. The zero-order chi connectivity index (χ0) is 14.3. The first-order chi connectivity index (χ1) is 9.54. The highest BCUT2D eigenvalue weighted by Gasteiger charge is 2.31. The molecule has 102 valence electrons. The Kier molecular flexibility index (Phi) is 3.28. The molecule has 0 aliphatic carbocycles. The quantitative estimate of drug-likeness (QED) is 0.871. The number of fused-ring (bicyclic) bond motifs is 1. The second-order valence-electron chi connectivity index (χ2n) is 4.42. The van der Waals surface area contributed by atoms with Gasteiger partial charge in [0.15, 0.2) is 0 Å². The van der Waals surface area contributed by atoms with Crippen LogP contribution in [0.4, 0.5) is 15.8 Å². The van der Waals surface area contributed by atoms with Gasteiger partial charge < -0.3 is 10.6 Å². The second kappa shape index (κ2) is 4.96. The van der Waals surface area contributed by atoms with Crippen LogP contribution in [0.2, 0.25) is 10.0 Å². The van der Waals surface area contributed by atoms with Gasteiger partial charge in [-0.3, -0.25) is 4.79 Å². The summed E-state index contributed by atoms with van der Waals surface area (Å²) in [5.74, 6) is -0.647. The number of benzene rings is 2. The number of carbonyl (C=O) groups excluding carboxylic acids is 1. The number of hydrogen-bond donors (Lipinski definition) is 2. The molecule has 0 radical (unpaired) electrons. The molecular weight excluding hydrogens is 302 g/mol. The first kappa shape index (κ1) is 13.2. The van der Waals surface area contributed by atoms with Crippen LogP contribution in [0.5, 0.6) is 0 Å². The molecule has 1 unspecified atom stereocenters. The predicted molar refractivity (Wildman–Crippen MR) is 77.9 cm³/mol. The lowest BCUT2D eigenvalue weighted by Crippen LogP contribution is -2.19. The SMILES string of the molecule is O=C1Nc2cc(F)ccc2C1Nc1ccc(Cl)cc1Cl. The van der Waals surface area contributed by atoms with Crippen molar-refractivity contribution in [3.05, 3.63) is 57.8 Å². The van der Waals surface area contributed by atoms with Gasteiger partial charge in [0, 0.05) is 16.3 Å². The van der Waals surface area contributed by atoms with Crippen molar-refractivity contribution in [1.82, 2.24) is 0 Å². The van der Waals surface area contributed by atoms with E-state index >= 15 is 0 Å². The Balaban J connectivity index is 1.94. The van der Waals surface area contributed by atoms with E-state index in [9.17, 15) is 9.18 Å². The highest BCUT2D eigenvalue weighted by Crippen LogP contribution is 2.35. The van der Waals surface area contributed by atoms with Crippen LogP contribution in [0.1, 0.15) is 11.6 Å². The van der Waals surface area contributed by atoms with Crippen LogP contribution >= 0.6 is 23.2 Å². The fraction of sp³-hybridized carbons (Fsp3) is 0.0714. The van der Waals surface area contributed by atoms with E-state index < -0.39 is 11.9 Å². The molecule has 3 rings (SSSR count). The van der Waals surface area contributed by atoms with Gasteiger partial charge in [-0.25, -0.2) is 4.39 Å². The Bertz CT molecular complexity index is 706. The van der Waals surface area contributed by atoms with Gasteiger partial charge >= 0.3 is 0 Å². The number of anilines is 2. The summed E-state index contributed by atoms with van der Waals surface area (Å²) in [6.45, 7) is 0. The third kappa shape index (κ3) is 2.32. The van der Waals surface area contributed by atoms with Gasteiger partial charge in [0.05, 0.1) is 10.7 Å². The topological polar surface area (TPSA) is 41.1 Å². The molecule has 0 aromatic heterocycles. The van der Waals surface area contributed by atoms with Crippen LogP contribution in [-0.4, -0.2) is 5.91 Å². The molecule has 3 nitrogen and oxygen atoms in total. The van der Waals surface area contributed by atoms with E-state index in [1.54, 1.807) is 24.3 Å². The molecule has 0 saturated heterocycles. The molecule has 20 heavy (non-hydrogen) atoms. The molecule has 0 spiro atoms. The Hall–Kier alpha value is -1.78. The third-order valence-electron chi connectivity index (χ3n) is 3.08. The molecule has 2 aromatic carbocycles.